The van der Waals surface area contributed by atoms with Crippen LogP contribution < -0.4 is 5.30 Å². The van der Waals surface area contributed by atoms with Gasteiger partial charge in [-0.3, -0.25) is 0 Å². The summed E-state index contributed by atoms with van der Waals surface area (Å²) in [6, 6.07) is 6.43. The minimum atomic E-state index is -1.03. The fourth-order valence-electron chi connectivity index (χ4n) is 2.97. The molecule has 2 rings (SSSR count). The Balaban J connectivity index is 2.14. The summed E-state index contributed by atoms with van der Waals surface area (Å²) in [5.74, 6) is 0.566. The largest absolute Gasteiger partial charge is 0.378 e. The smallest absolute Gasteiger partial charge is 0.173 e. The van der Waals surface area contributed by atoms with Gasteiger partial charge in [0.25, 0.3) is 0 Å². The van der Waals surface area contributed by atoms with E-state index in [1.165, 1.54) is 22.0 Å². The molecule has 1 aromatic carbocycles. The molecule has 4 atom stereocenters. The molecule has 1 aromatic rings. The Morgan fingerprint density at radius 2 is 2.14 bits per heavy atom. The first kappa shape index (κ1) is 18.1. The van der Waals surface area contributed by atoms with E-state index in [0.717, 1.165) is 19.3 Å². The average Bonchev–Trinajstić information content (AvgIpc) is 2.44. The Morgan fingerprint density at radius 1 is 1.45 bits per heavy atom. The van der Waals surface area contributed by atoms with Crippen LogP contribution in [0, 0.1) is 19.8 Å². The molecule has 120 valence electrons. The van der Waals surface area contributed by atoms with Crippen molar-refractivity contribution in [3.05, 3.63) is 41.5 Å². The van der Waals surface area contributed by atoms with Crippen LogP contribution >= 0.6 is 19.6 Å². The van der Waals surface area contributed by atoms with Crippen LogP contribution in [0.2, 0.25) is 0 Å². The zero-order valence-corrected chi connectivity index (χ0v) is 16.5. The number of thiol groups is 1. The number of allylic oxidation sites excluding steroid dienone is 1. The normalized spacial score (nSPS) is 29.2. The summed E-state index contributed by atoms with van der Waals surface area (Å²) in [4.78, 5) is 0. The fraction of sp³-hybridized carbons (Fsp3) is 0.556. The van der Waals surface area contributed by atoms with Crippen LogP contribution in [0.25, 0.3) is 0 Å². The van der Waals surface area contributed by atoms with Gasteiger partial charge in [0.15, 0.2) is 5.30 Å². The quantitative estimate of drug-likeness (QED) is 0.450. The summed E-state index contributed by atoms with van der Waals surface area (Å²) in [7, 11) is 0. The van der Waals surface area contributed by atoms with Gasteiger partial charge in [0, 0.05) is 10.8 Å². The Labute approximate surface area is 146 Å². The van der Waals surface area contributed by atoms with E-state index in [9.17, 15) is 0 Å². The lowest BCUT2D eigenvalue weighted by Crippen LogP contribution is -2.43. The van der Waals surface area contributed by atoms with E-state index in [1.807, 2.05) is 0 Å². The molecule has 0 spiro atoms. The molecule has 0 heterocycles. The highest BCUT2D eigenvalue weighted by atomic mass is 32.4. The molecule has 1 nitrogen and oxygen atoms in total. The van der Waals surface area contributed by atoms with Crippen LogP contribution in [-0.2, 0) is 16.3 Å². The number of rotatable bonds is 4. The standard InChI is InChI=1S/C18H25OPS2/c1-12(2)15-8-9-18(5,17(21)11-15)19-20(22)16-10-13(3)6-7-14(16)4/h6-7,10,15,17H,1,8-9,11H2,2-5H3/p+1/t15-,17+,18+/m1/s1. The molecule has 1 saturated carbocycles. The van der Waals surface area contributed by atoms with E-state index in [2.05, 4.69) is 52.5 Å². The molecule has 0 saturated heterocycles. The fourth-order valence-corrected chi connectivity index (χ4v) is 5.96. The van der Waals surface area contributed by atoms with Crippen LogP contribution in [0.3, 0.4) is 0 Å². The SMILES string of the molecule is C=C(C)[C@@H]1CC[C@](C)(O[P+](=S)c2cc(C)ccc2C)[C@@H](S)C1. The first-order valence-electron chi connectivity index (χ1n) is 7.80. The average molecular weight is 354 g/mol. The molecule has 0 N–H and O–H groups in total. The first-order valence-corrected chi connectivity index (χ1v) is 10.6. The van der Waals surface area contributed by atoms with Gasteiger partial charge in [-0.15, -0.1) is 0 Å². The van der Waals surface area contributed by atoms with Gasteiger partial charge in [-0.2, -0.15) is 17.2 Å². The van der Waals surface area contributed by atoms with Gasteiger partial charge in [-0.05, 0) is 64.5 Å². The maximum Gasteiger partial charge on any atom is 0.378 e. The molecule has 0 aromatic heterocycles. The predicted molar refractivity (Wildman–Crippen MR) is 104 cm³/mol. The summed E-state index contributed by atoms with van der Waals surface area (Å²) in [5.41, 5.74) is 3.48. The second-order valence-corrected chi connectivity index (χ2v) is 9.58. The van der Waals surface area contributed by atoms with Gasteiger partial charge in [-0.1, -0.05) is 24.3 Å². The second kappa shape index (κ2) is 7.13. The Bertz CT molecular complexity index is 599. The first-order chi connectivity index (χ1) is 10.2. The lowest BCUT2D eigenvalue weighted by molar-refractivity contribution is 0.0627. The number of hydrogen-bond acceptors (Lipinski definition) is 3. The number of hydrogen-bond donors (Lipinski definition) is 1. The number of aryl methyl sites for hydroxylation is 2. The summed E-state index contributed by atoms with van der Waals surface area (Å²) >= 11 is 10.6. The van der Waals surface area contributed by atoms with Gasteiger partial charge in [0.2, 0.25) is 11.8 Å². The van der Waals surface area contributed by atoms with E-state index in [0.29, 0.717) is 5.92 Å². The maximum atomic E-state index is 6.41. The van der Waals surface area contributed by atoms with E-state index >= 15 is 0 Å². The minimum Gasteiger partial charge on any atom is -0.173 e. The number of benzene rings is 1. The van der Waals surface area contributed by atoms with Crippen LogP contribution in [0.4, 0.5) is 0 Å². The van der Waals surface area contributed by atoms with Gasteiger partial charge in [0.1, 0.15) is 5.60 Å². The van der Waals surface area contributed by atoms with Crippen molar-refractivity contribution in [2.24, 2.45) is 5.92 Å². The molecule has 0 bridgehead atoms. The highest BCUT2D eigenvalue weighted by Crippen LogP contribution is 2.45. The van der Waals surface area contributed by atoms with Gasteiger partial charge >= 0.3 is 6.92 Å². The highest BCUT2D eigenvalue weighted by molar-refractivity contribution is 8.06. The predicted octanol–water partition coefficient (Wildman–Crippen LogP) is 5.24. The molecular formula is C18H26OPS2+. The Morgan fingerprint density at radius 3 is 2.73 bits per heavy atom. The molecule has 22 heavy (non-hydrogen) atoms. The third-order valence-corrected chi connectivity index (χ3v) is 7.78. The molecule has 1 unspecified atom stereocenters. The Hall–Kier alpha value is -0.210. The lowest BCUT2D eigenvalue weighted by Gasteiger charge is -2.38. The molecule has 4 heteroatoms. The summed E-state index contributed by atoms with van der Waals surface area (Å²) in [6.45, 7) is 11.6. The van der Waals surface area contributed by atoms with Crippen molar-refractivity contribution in [2.75, 3.05) is 0 Å². The molecule has 1 fully saturated rings. The Kier molecular flexibility index (Phi) is 5.88. The summed E-state index contributed by atoms with van der Waals surface area (Å²) in [6.07, 6.45) is 3.15. The molecule has 1 aliphatic carbocycles. The maximum absolute atomic E-state index is 6.41. The third kappa shape index (κ3) is 4.00. The van der Waals surface area contributed by atoms with Crippen LogP contribution in [0.5, 0.6) is 0 Å². The second-order valence-electron chi connectivity index (χ2n) is 6.78. The van der Waals surface area contributed by atoms with Crippen molar-refractivity contribution in [2.45, 2.75) is 57.8 Å². The van der Waals surface area contributed by atoms with Crippen molar-refractivity contribution in [3.63, 3.8) is 0 Å². The molecule has 0 aliphatic heterocycles. The van der Waals surface area contributed by atoms with Gasteiger partial charge < -0.3 is 0 Å². The minimum absolute atomic E-state index is 0.209. The van der Waals surface area contributed by atoms with Crippen molar-refractivity contribution >= 4 is 36.7 Å². The van der Waals surface area contributed by atoms with Gasteiger partial charge in [0.05, 0.1) is 0 Å². The zero-order valence-electron chi connectivity index (χ0n) is 13.9. The van der Waals surface area contributed by atoms with Crippen molar-refractivity contribution in [3.8, 4) is 0 Å². The molecule has 1 aliphatic rings. The summed E-state index contributed by atoms with van der Waals surface area (Å²) < 4.78 is 6.41. The lowest BCUT2D eigenvalue weighted by atomic mass is 9.77. The van der Waals surface area contributed by atoms with Crippen molar-refractivity contribution < 1.29 is 4.52 Å². The van der Waals surface area contributed by atoms with E-state index in [1.54, 1.807) is 0 Å². The van der Waals surface area contributed by atoms with E-state index in [-0.39, 0.29) is 10.9 Å². The van der Waals surface area contributed by atoms with Crippen molar-refractivity contribution in [1.82, 2.24) is 0 Å². The molecule has 0 radical (unpaired) electrons. The molecule has 0 amide bonds. The molecular weight excluding hydrogens is 327 g/mol. The third-order valence-electron chi connectivity index (χ3n) is 4.75. The van der Waals surface area contributed by atoms with E-state index < -0.39 is 6.92 Å². The highest BCUT2D eigenvalue weighted by Gasteiger charge is 2.45. The van der Waals surface area contributed by atoms with Crippen LogP contribution in [0.1, 0.15) is 44.2 Å². The van der Waals surface area contributed by atoms with E-state index in [4.69, 9.17) is 29.0 Å². The van der Waals surface area contributed by atoms with Crippen molar-refractivity contribution in [1.29, 1.82) is 0 Å². The van der Waals surface area contributed by atoms with Gasteiger partial charge in [-0.25, -0.2) is 0 Å². The summed E-state index contributed by atoms with van der Waals surface area (Å²) in [5, 5.41) is 1.38. The van der Waals surface area contributed by atoms with Crippen LogP contribution in [-0.4, -0.2) is 10.9 Å². The zero-order chi connectivity index (χ0) is 16.5. The van der Waals surface area contributed by atoms with Crippen LogP contribution in [0.15, 0.2) is 30.4 Å². The monoisotopic (exact) mass is 353 g/mol. The topological polar surface area (TPSA) is 9.23 Å².